The third-order valence-corrected chi connectivity index (χ3v) is 3.69. The van der Waals surface area contributed by atoms with Crippen LogP contribution in [0.25, 0.3) is 20.3 Å². The van der Waals surface area contributed by atoms with E-state index in [0.717, 1.165) is 15.6 Å². The van der Waals surface area contributed by atoms with Gasteiger partial charge in [-0.15, -0.1) is 11.3 Å². The number of aromatic nitrogens is 1. The van der Waals surface area contributed by atoms with Gasteiger partial charge in [-0.3, -0.25) is 9.59 Å². The summed E-state index contributed by atoms with van der Waals surface area (Å²) in [5.74, 6) is 0. The highest BCUT2D eigenvalue weighted by Gasteiger charge is 2.08. The number of fused-ring (bicyclic) bond motifs is 3. The van der Waals surface area contributed by atoms with Crippen LogP contribution in [-0.2, 0) is 0 Å². The van der Waals surface area contributed by atoms with Gasteiger partial charge in [0.15, 0.2) is 11.7 Å². The Morgan fingerprint density at radius 2 is 2.06 bits per heavy atom. The lowest BCUT2D eigenvalue weighted by Crippen LogP contribution is -2.01. The molecule has 3 nitrogen and oxygen atoms in total. The van der Waals surface area contributed by atoms with Gasteiger partial charge >= 0.3 is 0 Å². The molecule has 0 unspecified atom stereocenters. The maximum absolute atomic E-state index is 11.8. The van der Waals surface area contributed by atoms with Gasteiger partial charge in [0.25, 0.3) is 0 Å². The van der Waals surface area contributed by atoms with E-state index in [0.29, 0.717) is 16.7 Å². The molecule has 0 fully saturated rings. The van der Waals surface area contributed by atoms with Crippen molar-refractivity contribution < 1.29 is 4.79 Å². The molecule has 0 aliphatic rings. The Morgan fingerprint density at radius 1 is 1.25 bits per heavy atom. The summed E-state index contributed by atoms with van der Waals surface area (Å²) in [6.45, 7) is 0. The first-order chi connectivity index (χ1) is 7.79. The van der Waals surface area contributed by atoms with Crippen LogP contribution in [-0.4, -0.2) is 11.3 Å². The Balaban J connectivity index is 2.61. The predicted molar refractivity (Wildman–Crippen MR) is 65.3 cm³/mol. The molecule has 0 spiro atoms. The second-order valence-corrected chi connectivity index (χ2v) is 4.56. The van der Waals surface area contributed by atoms with Crippen molar-refractivity contribution in [3.8, 4) is 0 Å². The van der Waals surface area contributed by atoms with Gasteiger partial charge in [0.2, 0.25) is 0 Å². The SMILES string of the molecule is O=Cc1cc(=O)c2sc3ccccc3c2[nH]1. The molecular weight excluding hydrogens is 222 g/mol. The Bertz CT molecular complexity index is 754. The molecule has 0 radical (unpaired) electrons. The highest BCUT2D eigenvalue weighted by atomic mass is 32.1. The van der Waals surface area contributed by atoms with E-state index in [4.69, 9.17) is 0 Å². The summed E-state index contributed by atoms with van der Waals surface area (Å²) < 4.78 is 1.72. The summed E-state index contributed by atoms with van der Waals surface area (Å²) in [6.07, 6.45) is 0.660. The second-order valence-electron chi connectivity index (χ2n) is 3.51. The van der Waals surface area contributed by atoms with Crippen molar-refractivity contribution in [1.82, 2.24) is 4.98 Å². The van der Waals surface area contributed by atoms with E-state index in [1.54, 1.807) is 0 Å². The third-order valence-electron chi connectivity index (χ3n) is 2.50. The van der Waals surface area contributed by atoms with Crippen molar-refractivity contribution in [2.45, 2.75) is 0 Å². The normalized spacial score (nSPS) is 11.0. The molecule has 78 valence electrons. The molecule has 4 heteroatoms. The number of thiophene rings is 1. The number of hydrogen-bond donors (Lipinski definition) is 1. The molecule has 0 aliphatic carbocycles. The summed E-state index contributed by atoms with van der Waals surface area (Å²) in [4.78, 5) is 25.4. The quantitative estimate of drug-likeness (QED) is 0.652. The van der Waals surface area contributed by atoms with E-state index in [1.807, 2.05) is 24.3 Å². The molecule has 1 N–H and O–H groups in total. The van der Waals surface area contributed by atoms with Crippen molar-refractivity contribution in [2.75, 3.05) is 0 Å². The monoisotopic (exact) mass is 229 g/mol. The summed E-state index contributed by atoms with van der Waals surface area (Å²) in [5.41, 5.74) is 0.980. The van der Waals surface area contributed by atoms with Gasteiger partial charge in [0.05, 0.1) is 15.9 Å². The molecule has 2 heterocycles. The Hall–Kier alpha value is -1.94. The molecule has 0 atom stereocenters. The van der Waals surface area contributed by atoms with Crippen LogP contribution >= 0.6 is 11.3 Å². The van der Waals surface area contributed by atoms with E-state index in [9.17, 15) is 9.59 Å². The maximum Gasteiger partial charge on any atom is 0.200 e. The Labute approximate surface area is 94.3 Å². The van der Waals surface area contributed by atoms with Gasteiger partial charge in [-0.2, -0.15) is 0 Å². The number of hydrogen-bond acceptors (Lipinski definition) is 3. The minimum atomic E-state index is -0.1000. The first-order valence-corrected chi connectivity index (χ1v) is 5.61. The van der Waals surface area contributed by atoms with Crippen LogP contribution in [0.4, 0.5) is 0 Å². The summed E-state index contributed by atoms with van der Waals surface area (Å²) in [6, 6.07) is 9.10. The van der Waals surface area contributed by atoms with Gasteiger partial charge in [-0.05, 0) is 6.07 Å². The van der Waals surface area contributed by atoms with Crippen molar-refractivity contribution in [2.24, 2.45) is 0 Å². The summed E-state index contributed by atoms with van der Waals surface area (Å²) in [5, 5.41) is 0.989. The van der Waals surface area contributed by atoms with Gasteiger partial charge in [0, 0.05) is 16.2 Å². The maximum atomic E-state index is 11.8. The topological polar surface area (TPSA) is 49.9 Å². The van der Waals surface area contributed by atoms with Crippen molar-refractivity contribution in [3.63, 3.8) is 0 Å². The van der Waals surface area contributed by atoms with Crippen LogP contribution in [0.3, 0.4) is 0 Å². The van der Waals surface area contributed by atoms with Crippen LogP contribution in [0.5, 0.6) is 0 Å². The fourth-order valence-electron chi connectivity index (χ4n) is 1.79. The minimum absolute atomic E-state index is 0.1000. The zero-order valence-electron chi connectivity index (χ0n) is 8.19. The van der Waals surface area contributed by atoms with Gasteiger partial charge in [0.1, 0.15) is 0 Å². The Morgan fingerprint density at radius 3 is 2.88 bits per heavy atom. The molecule has 2 aromatic heterocycles. The van der Waals surface area contributed by atoms with Crippen LogP contribution in [0, 0.1) is 0 Å². The van der Waals surface area contributed by atoms with Crippen LogP contribution < -0.4 is 5.43 Å². The lowest BCUT2D eigenvalue weighted by atomic mass is 10.2. The minimum Gasteiger partial charge on any atom is -0.351 e. The van der Waals surface area contributed by atoms with E-state index >= 15 is 0 Å². The number of aldehydes is 1. The summed E-state index contributed by atoms with van der Waals surface area (Å²) >= 11 is 1.45. The predicted octanol–water partition coefficient (Wildman–Crippen LogP) is 2.56. The lowest BCUT2D eigenvalue weighted by molar-refractivity contribution is 0.111. The van der Waals surface area contributed by atoms with Crippen LogP contribution in [0.1, 0.15) is 10.5 Å². The first-order valence-electron chi connectivity index (χ1n) is 4.79. The molecular formula is C12H7NO2S. The number of carbonyl (C=O) groups excluding carboxylic acids is 1. The third kappa shape index (κ3) is 1.20. The number of aromatic amines is 1. The molecule has 0 saturated heterocycles. The summed E-state index contributed by atoms with van der Waals surface area (Å²) in [7, 11) is 0. The number of nitrogens with one attached hydrogen (secondary N) is 1. The van der Waals surface area contributed by atoms with Crippen molar-refractivity contribution in [1.29, 1.82) is 0 Å². The molecule has 1 aromatic carbocycles. The zero-order chi connectivity index (χ0) is 11.1. The largest absolute Gasteiger partial charge is 0.351 e. The fraction of sp³-hybridized carbons (Fsp3) is 0. The van der Waals surface area contributed by atoms with Crippen molar-refractivity contribution >= 4 is 37.9 Å². The molecule has 3 rings (SSSR count). The molecule has 16 heavy (non-hydrogen) atoms. The van der Waals surface area contributed by atoms with E-state index in [2.05, 4.69) is 4.98 Å². The number of benzene rings is 1. The molecule has 0 bridgehead atoms. The average molecular weight is 229 g/mol. The van der Waals surface area contributed by atoms with Crippen LogP contribution in [0.2, 0.25) is 0 Å². The molecule has 0 saturated carbocycles. The first kappa shape index (κ1) is 9.30. The van der Waals surface area contributed by atoms with Crippen LogP contribution in [0.15, 0.2) is 35.1 Å². The van der Waals surface area contributed by atoms with Gasteiger partial charge in [-0.1, -0.05) is 18.2 Å². The Kier molecular flexibility index (Phi) is 1.91. The molecule has 0 aliphatic heterocycles. The van der Waals surface area contributed by atoms with E-state index in [-0.39, 0.29) is 5.43 Å². The highest BCUT2D eigenvalue weighted by Crippen LogP contribution is 2.29. The standard InChI is InChI=1S/C12H7NO2S/c14-6-7-5-9(15)12-11(13-7)8-3-1-2-4-10(8)16-12/h1-6H,(H,13,15). The van der Waals surface area contributed by atoms with E-state index < -0.39 is 0 Å². The molecule has 0 amide bonds. The number of carbonyl (C=O) groups is 1. The molecule has 3 aromatic rings. The second kappa shape index (κ2) is 3.28. The fourth-order valence-corrected chi connectivity index (χ4v) is 2.86. The highest BCUT2D eigenvalue weighted by molar-refractivity contribution is 7.25. The number of rotatable bonds is 1. The number of pyridine rings is 1. The van der Waals surface area contributed by atoms with E-state index in [1.165, 1.54) is 17.4 Å². The zero-order valence-corrected chi connectivity index (χ0v) is 9.01. The smallest absolute Gasteiger partial charge is 0.200 e. The van der Waals surface area contributed by atoms with Gasteiger partial charge in [-0.25, -0.2) is 0 Å². The average Bonchev–Trinajstić information content (AvgIpc) is 2.68. The number of H-pyrrole nitrogens is 1. The lowest BCUT2D eigenvalue weighted by Gasteiger charge is -1.93. The van der Waals surface area contributed by atoms with Crippen molar-refractivity contribution in [3.05, 3.63) is 46.2 Å². The van der Waals surface area contributed by atoms with Gasteiger partial charge < -0.3 is 4.98 Å².